The molecule has 0 radical (unpaired) electrons. The van der Waals surface area contributed by atoms with Gasteiger partial charge in [0.1, 0.15) is 5.82 Å². The SMILES string of the molecule is COc1cc(C(C)=O)ccc1OCCCC(=O)Nc1ccc(-c2ccccc2)cn1. The number of ketones is 1. The van der Waals surface area contributed by atoms with Crippen molar-refractivity contribution in [2.45, 2.75) is 19.8 Å². The van der Waals surface area contributed by atoms with Crippen LogP contribution in [0, 0.1) is 0 Å². The van der Waals surface area contributed by atoms with E-state index >= 15 is 0 Å². The quantitative estimate of drug-likeness (QED) is 0.411. The number of hydrogen-bond acceptors (Lipinski definition) is 5. The molecule has 0 aliphatic carbocycles. The van der Waals surface area contributed by atoms with Gasteiger partial charge in [-0.25, -0.2) is 4.98 Å². The number of aromatic nitrogens is 1. The first-order valence-corrected chi connectivity index (χ1v) is 9.70. The van der Waals surface area contributed by atoms with Gasteiger partial charge in [-0.15, -0.1) is 0 Å². The molecule has 0 saturated heterocycles. The van der Waals surface area contributed by atoms with Crippen LogP contribution < -0.4 is 14.8 Å². The summed E-state index contributed by atoms with van der Waals surface area (Å²) in [4.78, 5) is 27.9. The van der Waals surface area contributed by atoms with Crippen LogP contribution in [-0.2, 0) is 4.79 Å². The van der Waals surface area contributed by atoms with E-state index in [1.807, 2.05) is 36.4 Å². The van der Waals surface area contributed by atoms with Gasteiger partial charge in [-0.3, -0.25) is 9.59 Å². The van der Waals surface area contributed by atoms with Crippen LogP contribution >= 0.6 is 0 Å². The van der Waals surface area contributed by atoms with Crippen molar-refractivity contribution in [2.75, 3.05) is 19.0 Å². The summed E-state index contributed by atoms with van der Waals surface area (Å²) >= 11 is 0. The molecule has 0 spiro atoms. The number of rotatable bonds is 9. The average Bonchev–Trinajstić information content (AvgIpc) is 2.77. The van der Waals surface area contributed by atoms with Crippen molar-refractivity contribution in [1.29, 1.82) is 0 Å². The molecular formula is C24H24N2O4. The Kier molecular flexibility index (Phi) is 7.16. The highest BCUT2D eigenvalue weighted by molar-refractivity contribution is 5.94. The Labute approximate surface area is 175 Å². The Morgan fingerprint density at radius 1 is 0.967 bits per heavy atom. The fourth-order valence-electron chi connectivity index (χ4n) is 2.90. The molecule has 2 aromatic carbocycles. The second kappa shape index (κ2) is 10.2. The average molecular weight is 404 g/mol. The van der Waals surface area contributed by atoms with E-state index in [9.17, 15) is 9.59 Å². The zero-order chi connectivity index (χ0) is 21.3. The maximum Gasteiger partial charge on any atom is 0.225 e. The van der Waals surface area contributed by atoms with Gasteiger partial charge in [-0.1, -0.05) is 30.3 Å². The molecule has 154 valence electrons. The minimum Gasteiger partial charge on any atom is -0.493 e. The number of ether oxygens (including phenoxy) is 2. The third-order valence-corrected chi connectivity index (χ3v) is 4.51. The molecular weight excluding hydrogens is 380 g/mol. The first kappa shape index (κ1) is 21.0. The van der Waals surface area contributed by atoms with E-state index < -0.39 is 0 Å². The normalized spacial score (nSPS) is 10.3. The number of amides is 1. The van der Waals surface area contributed by atoms with Crippen molar-refractivity contribution in [2.24, 2.45) is 0 Å². The van der Waals surface area contributed by atoms with Crippen molar-refractivity contribution in [3.63, 3.8) is 0 Å². The second-order valence-electron chi connectivity index (χ2n) is 6.72. The number of methoxy groups -OCH3 is 1. The largest absolute Gasteiger partial charge is 0.493 e. The van der Waals surface area contributed by atoms with Crippen molar-refractivity contribution >= 4 is 17.5 Å². The summed E-state index contributed by atoms with van der Waals surface area (Å²) in [5.41, 5.74) is 2.63. The highest BCUT2D eigenvalue weighted by Crippen LogP contribution is 2.28. The van der Waals surface area contributed by atoms with Crippen LogP contribution in [0.3, 0.4) is 0 Å². The van der Waals surface area contributed by atoms with Crippen LogP contribution in [0.25, 0.3) is 11.1 Å². The van der Waals surface area contributed by atoms with Crippen LogP contribution in [0.2, 0.25) is 0 Å². The fraction of sp³-hybridized carbons (Fsp3) is 0.208. The first-order valence-electron chi connectivity index (χ1n) is 9.70. The molecule has 0 aliphatic rings. The van der Waals surface area contributed by atoms with Crippen LogP contribution in [-0.4, -0.2) is 30.4 Å². The number of carbonyl (C=O) groups is 2. The molecule has 1 N–H and O–H groups in total. The molecule has 0 saturated carbocycles. The Morgan fingerprint density at radius 3 is 2.43 bits per heavy atom. The lowest BCUT2D eigenvalue weighted by Crippen LogP contribution is -2.13. The van der Waals surface area contributed by atoms with Crippen molar-refractivity contribution in [1.82, 2.24) is 4.98 Å². The van der Waals surface area contributed by atoms with Crippen molar-refractivity contribution in [3.8, 4) is 22.6 Å². The molecule has 6 nitrogen and oxygen atoms in total. The summed E-state index contributed by atoms with van der Waals surface area (Å²) in [7, 11) is 1.52. The summed E-state index contributed by atoms with van der Waals surface area (Å²) in [5.74, 6) is 1.39. The van der Waals surface area contributed by atoms with Crippen LogP contribution in [0.15, 0.2) is 66.9 Å². The molecule has 3 rings (SSSR count). The predicted molar refractivity (Wildman–Crippen MR) is 116 cm³/mol. The topological polar surface area (TPSA) is 77.5 Å². The molecule has 1 amide bonds. The van der Waals surface area contributed by atoms with Crippen molar-refractivity contribution < 1.29 is 19.1 Å². The predicted octanol–water partition coefficient (Wildman–Crippen LogP) is 4.76. The van der Waals surface area contributed by atoms with E-state index in [4.69, 9.17) is 9.47 Å². The van der Waals surface area contributed by atoms with Gasteiger partial charge in [-0.05, 0) is 49.2 Å². The second-order valence-corrected chi connectivity index (χ2v) is 6.72. The summed E-state index contributed by atoms with van der Waals surface area (Å²) in [5, 5.41) is 2.79. The monoisotopic (exact) mass is 404 g/mol. The maximum absolute atomic E-state index is 12.2. The highest BCUT2D eigenvalue weighted by Gasteiger charge is 2.09. The number of Topliss-reactive ketones (excluding diaryl/α,β-unsaturated/α-hetero) is 1. The van der Waals surface area contributed by atoms with E-state index in [-0.39, 0.29) is 11.7 Å². The number of nitrogens with one attached hydrogen (secondary N) is 1. The number of anilines is 1. The zero-order valence-electron chi connectivity index (χ0n) is 17.1. The summed E-state index contributed by atoms with van der Waals surface area (Å²) in [6, 6.07) is 18.7. The Morgan fingerprint density at radius 2 is 1.77 bits per heavy atom. The van der Waals surface area contributed by atoms with Gasteiger partial charge in [0.25, 0.3) is 0 Å². The first-order chi connectivity index (χ1) is 14.6. The Hall–Kier alpha value is -3.67. The molecule has 30 heavy (non-hydrogen) atoms. The van der Waals surface area contributed by atoms with E-state index in [0.29, 0.717) is 42.3 Å². The Balaban J connectivity index is 1.46. The van der Waals surface area contributed by atoms with Gasteiger partial charge in [0, 0.05) is 23.7 Å². The highest BCUT2D eigenvalue weighted by atomic mass is 16.5. The number of hydrogen-bond donors (Lipinski definition) is 1. The molecule has 1 heterocycles. The minimum atomic E-state index is -0.127. The molecule has 3 aromatic rings. The van der Waals surface area contributed by atoms with Gasteiger partial charge in [-0.2, -0.15) is 0 Å². The number of carbonyl (C=O) groups excluding carboxylic acids is 2. The van der Waals surface area contributed by atoms with Gasteiger partial charge in [0.15, 0.2) is 17.3 Å². The minimum absolute atomic E-state index is 0.0399. The van der Waals surface area contributed by atoms with E-state index in [1.54, 1.807) is 30.5 Å². The third kappa shape index (κ3) is 5.67. The summed E-state index contributed by atoms with van der Waals surface area (Å²) in [6.07, 6.45) is 2.58. The molecule has 0 fully saturated rings. The molecule has 0 bridgehead atoms. The Bertz CT molecular complexity index is 1000. The van der Waals surface area contributed by atoms with Crippen LogP contribution in [0.4, 0.5) is 5.82 Å². The van der Waals surface area contributed by atoms with Crippen LogP contribution in [0.1, 0.15) is 30.1 Å². The lowest BCUT2D eigenvalue weighted by molar-refractivity contribution is -0.116. The van der Waals surface area contributed by atoms with Gasteiger partial charge < -0.3 is 14.8 Å². The maximum atomic E-state index is 12.2. The summed E-state index contributed by atoms with van der Waals surface area (Å²) < 4.78 is 11.0. The number of nitrogens with zero attached hydrogens (tertiary/aromatic N) is 1. The van der Waals surface area contributed by atoms with Gasteiger partial charge in [0.2, 0.25) is 5.91 Å². The molecule has 0 atom stereocenters. The molecule has 0 aliphatic heterocycles. The van der Waals surface area contributed by atoms with Gasteiger partial charge in [0.05, 0.1) is 13.7 Å². The van der Waals surface area contributed by atoms with E-state index in [2.05, 4.69) is 10.3 Å². The zero-order valence-corrected chi connectivity index (χ0v) is 17.1. The number of benzene rings is 2. The van der Waals surface area contributed by atoms with Crippen molar-refractivity contribution in [3.05, 3.63) is 72.4 Å². The van der Waals surface area contributed by atoms with Gasteiger partial charge >= 0.3 is 0 Å². The summed E-state index contributed by atoms with van der Waals surface area (Å²) in [6.45, 7) is 1.85. The molecule has 6 heteroatoms. The lowest BCUT2D eigenvalue weighted by Gasteiger charge is -2.11. The molecule has 1 aromatic heterocycles. The van der Waals surface area contributed by atoms with E-state index in [1.165, 1.54) is 14.0 Å². The number of pyridine rings is 1. The lowest BCUT2D eigenvalue weighted by atomic mass is 10.1. The molecule has 0 unspecified atom stereocenters. The smallest absolute Gasteiger partial charge is 0.225 e. The van der Waals surface area contributed by atoms with Crippen LogP contribution in [0.5, 0.6) is 11.5 Å². The van der Waals surface area contributed by atoms with E-state index in [0.717, 1.165) is 11.1 Å². The standard InChI is InChI=1S/C24H24N2O4/c1-17(27)19-10-12-21(22(15-19)29-2)30-14-6-9-24(28)26-23-13-11-20(16-25-23)18-7-4-3-5-8-18/h3-5,7-8,10-13,15-16H,6,9,14H2,1-2H3,(H,25,26,28). The fourth-order valence-corrected chi connectivity index (χ4v) is 2.90. The third-order valence-electron chi connectivity index (χ3n) is 4.51.